The maximum absolute atomic E-state index is 12.3. The zero-order chi connectivity index (χ0) is 20.3. The van der Waals surface area contributed by atoms with Crippen molar-refractivity contribution in [3.05, 3.63) is 81.1 Å². The topological polar surface area (TPSA) is 84.2 Å². The third kappa shape index (κ3) is 4.71. The molecule has 0 aliphatic rings. The molecule has 3 rings (SSSR count). The molecule has 3 aromatic rings. The predicted octanol–water partition coefficient (Wildman–Crippen LogP) is 4.43. The summed E-state index contributed by atoms with van der Waals surface area (Å²) in [5, 5.41) is 16.7. The van der Waals surface area contributed by atoms with E-state index in [1.54, 1.807) is 35.1 Å². The first-order valence-corrected chi connectivity index (χ1v) is 9.17. The molecule has 0 aliphatic carbocycles. The van der Waals surface area contributed by atoms with Gasteiger partial charge in [-0.15, -0.1) is 0 Å². The molecule has 0 saturated heterocycles. The summed E-state index contributed by atoms with van der Waals surface area (Å²) in [5.74, 6) is -1.17. The van der Waals surface area contributed by atoms with Gasteiger partial charge in [0.25, 0.3) is 5.91 Å². The van der Waals surface area contributed by atoms with Crippen molar-refractivity contribution < 1.29 is 14.7 Å². The molecule has 0 bridgehead atoms. The Balaban J connectivity index is 1.66. The van der Waals surface area contributed by atoms with Crippen LogP contribution in [0.3, 0.4) is 0 Å². The third-order valence-corrected chi connectivity index (χ3v) is 5.01. The molecular weight excluding hydrogens is 401 g/mol. The number of hydrogen-bond acceptors (Lipinski definition) is 3. The van der Waals surface area contributed by atoms with Gasteiger partial charge in [-0.2, -0.15) is 5.10 Å². The molecule has 8 heteroatoms. The van der Waals surface area contributed by atoms with Crippen LogP contribution in [-0.2, 0) is 17.8 Å². The number of anilines is 1. The van der Waals surface area contributed by atoms with E-state index >= 15 is 0 Å². The van der Waals surface area contributed by atoms with Gasteiger partial charge < -0.3 is 10.4 Å². The molecule has 1 amide bonds. The van der Waals surface area contributed by atoms with Gasteiger partial charge in [0.15, 0.2) is 0 Å². The normalized spacial score (nSPS) is 10.7. The number of benzene rings is 2. The first kappa shape index (κ1) is 19.9. The lowest BCUT2D eigenvalue weighted by molar-refractivity contribution is -0.136. The van der Waals surface area contributed by atoms with Gasteiger partial charge in [0.05, 0.1) is 29.2 Å². The number of carboxylic acid groups (broad SMARTS) is 1. The standard InChI is InChI=1S/C20H17Cl2N3O3/c1-12-15(9-19(26)27)10-23-25(12)11-13-2-5-16(6-3-13)24-20(28)14-4-7-17(21)18(22)8-14/h2-8,10H,9,11H2,1H3,(H,24,28)(H,26,27). The van der Waals surface area contributed by atoms with Crippen LogP contribution in [0.15, 0.2) is 48.7 Å². The number of nitrogens with zero attached hydrogens (tertiary/aromatic N) is 2. The Kier molecular flexibility index (Phi) is 6.02. The lowest BCUT2D eigenvalue weighted by atomic mass is 10.1. The Bertz CT molecular complexity index is 1030. The average Bonchev–Trinajstić information content (AvgIpc) is 2.98. The van der Waals surface area contributed by atoms with Crippen molar-refractivity contribution >= 4 is 40.8 Å². The van der Waals surface area contributed by atoms with Crippen LogP contribution < -0.4 is 5.32 Å². The second kappa shape index (κ2) is 8.46. The smallest absolute Gasteiger partial charge is 0.307 e. The van der Waals surface area contributed by atoms with E-state index in [-0.39, 0.29) is 12.3 Å². The summed E-state index contributed by atoms with van der Waals surface area (Å²) in [6, 6.07) is 12.0. The van der Waals surface area contributed by atoms with Crippen LogP contribution in [0.5, 0.6) is 0 Å². The third-order valence-electron chi connectivity index (χ3n) is 4.27. The van der Waals surface area contributed by atoms with Gasteiger partial charge in [0.1, 0.15) is 0 Å². The Hall–Kier alpha value is -2.83. The summed E-state index contributed by atoms with van der Waals surface area (Å²) >= 11 is 11.8. The van der Waals surface area contributed by atoms with Gasteiger partial charge in [-0.05, 0) is 42.8 Å². The predicted molar refractivity (Wildman–Crippen MR) is 108 cm³/mol. The van der Waals surface area contributed by atoms with E-state index in [2.05, 4.69) is 10.4 Å². The van der Waals surface area contributed by atoms with Crippen molar-refractivity contribution in [1.29, 1.82) is 0 Å². The highest BCUT2D eigenvalue weighted by Crippen LogP contribution is 2.23. The minimum absolute atomic E-state index is 0.0501. The van der Waals surface area contributed by atoms with Gasteiger partial charge in [-0.25, -0.2) is 0 Å². The van der Waals surface area contributed by atoms with E-state index in [0.29, 0.717) is 33.4 Å². The van der Waals surface area contributed by atoms with Crippen LogP contribution in [-0.4, -0.2) is 26.8 Å². The summed E-state index contributed by atoms with van der Waals surface area (Å²) < 4.78 is 1.75. The Morgan fingerprint density at radius 1 is 1.11 bits per heavy atom. The Labute approximate surface area is 171 Å². The molecule has 2 N–H and O–H groups in total. The van der Waals surface area contributed by atoms with E-state index < -0.39 is 5.97 Å². The average molecular weight is 418 g/mol. The van der Waals surface area contributed by atoms with Crippen LogP contribution in [0.25, 0.3) is 0 Å². The molecule has 0 atom stereocenters. The van der Waals surface area contributed by atoms with E-state index in [9.17, 15) is 9.59 Å². The van der Waals surface area contributed by atoms with Crippen molar-refractivity contribution in [2.75, 3.05) is 5.32 Å². The summed E-state index contributed by atoms with van der Waals surface area (Å²) in [6.45, 7) is 2.35. The minimum Gasteiger partial charge on any atom is -0.481 e. The van der Waals surface area contributed by atoms with E-state index in [1.807, 2.05) is 19.1 Å². The van der Waals surface area contributed by atoms with Gasteiger partial charge in [0.2, 0.25) is 0 Å². The highest BCUT2D eigenvalue weighted by atomic mass is 35.5. The number of carbonyl (C=O) groups is 2. The molecule has 0 unspecified atom stereocenters. The monoisotopic (exact) mass is 417 g/mol. The molecule has 1 heterocycles. The number of carboxylic acids is 1. The molecule has 28 heavy (non-hydrogen) atoms. The van der Waals surface area contributed by atoms with E-state index in [1.165, 1.54) is 6.07 Å². The highest BCUT2D eigenvalue weighted by molar-refractivity contribution is 6.42. The van der Waals surface area contributed by atoms with E-state index in [0.717, 1.165) is 11.3 Å². The van der Waals surface area contributed by atoms with Gasteiger partial charge in [-0.3, -0.25) is 14.3 Å². The van der Waals surface area contributed by atoms with Crippen molar-refractivity contribution in [2.24, 2.45) is 0 Å². The lowest BCUT2D eigenvalue weighted by Gasteiger charge is -2.09. The van der Waals surface area contributed by atoms with Crippen molar-refractivity contribution in [1.82, 2.24) is 9.78 Å². The summed E-state index contributed by atoms with van der Waals surface area (Å²) in [7, 11) is 0. The summed E-state index contributed by atoms with van der Waals surface area (Å²) in [6.07, 6.45) is 1.53. The zero-order valence-electron chi connectivity index (χ0n) is 14.9. The fraction of sp³-hybridized carbons (Fsp3) is 0.150. The summed E-state index contributed by atoms with van der Waals surface area (Å²) in [4.78, 5) is 23.2. The second-order valence-corrected chi connectivity index (χ2v) is 7.08. The number of halogens is 2. The summed E-state index contributed by atoms with van der Waals surface area (Å²) in [5.41, 5.74) is 3.54. The fourth-order valence-electron chi connectivity index (χ4n) is 2.69. The quantitative estimate of drug-likeness (QED) is 0.621. The van der Waals surface area contributed by atoms with Crippen LogP contribution >= 0.6 is 23.2 Å². The van der Waals surface area contributed by atoms with Crippen molar-refractivity contribution in [2.45, 2.75) is 19.9 Å². The van der Waals surface area contributed by atoms with Crippen molar-refractivity contribution in [3.8, 4) is 0 Å². The molecule has 0 saturated carbocycles. The zero-order valence-corrected chi connectivity index (χ0v) is 16.5. The Morgan fingerprint density at radius 2 is 1.82 bits per heavy atom. The van der Waals surface area contributed by atoms with Crippen molar-refractivity contribution in [3.63, 3.8) is 0 Å². The molecule has 0 fully saturated rings. The highest BCUT2D eigenvalue weighted by Gasteiger charge is 2.11. The van der Waals surface area contributed by atoms with Gasteiger partial charge in [-0.1, -0.05) is 35.3 Å². The number of hydrogen-bond donors (Lipinski definition) is 2. The van der Waals surface area contributed by atoms with Crippen LogP contribution in [0, 0.1) is 6.92 Å². The molecule has 0 radical (unpaired) electrons. The van der Waals surface area contributed by atoms with E-state index in [4.69, 9.17) is 28.3 Å². The van der Waals surface area contributed by atoms with Gasteiger partial charge in [0, 0.05) is 22.5 Å². The lowest BCUT2D eigenvalue weighted by Crippen LogP contribution is -2.12. The molecule has 0 aliphatic heterocycles. The minimum atomic E-state index is -0.885. The largest absolute Gasteiger partial charge is 0.481 e. The number of aliphatic carboxylic acids is 1. The van der Waals surface area contributed by atoms with Crippen LogP contribution in [0.1, 0.15) is 27.2 Å². The molecular formula is C20H17Cl2N3O3. The maximum Gasteiger partial charge on any atom is 0.307 e. The second-order valence-electron chi connectivity index (χ2n) is 6.26. The SMILES string of the molecule is Cc1c(CC(=O)O)cnn1Cc1ccc(NC(=O)c2ccc(Cl)c(Cl)c2)cc1. The molecule has 1 aromatic heterocycles. The maximum atomic E-state index is 12.3. The Morgan fingerprint density at radius 3 is 2.46 bits per heavy atom. The molecule has 2 aromatic carbocycles. The first-order chi connectivity index (χ1) is 13.3. The number of aromatic nitrogens is 2. The number of amides is 1. The number of nitrogens with one attached hydrogen (secondary N) is 1. The molecule has 6 nitrogen and oxygen atoms in total. The number of rotatable bonds is 6. The number of carbonyl (C=O) groups excluding carboxylic acids is 1. The van der Waals surface area contributed by atoms with Gasteiger partial charge >= 0.3 is 5.97 Å². The molecule has 144 valence electrons. The fourth-order valence-corrected chi connectivity index (χ4v) is 2.99. The van der Waals surface area contributed by atoms with Crippen LogP contribution in [0.2, 0.25) is 10.0 Å². The van der Waals surface area contributed by atoms with Crippen LogP contribution in [0.4, 0.5) is 5.69 Å². The molecule has 0 spiro atoms. The first-order valence-electron chi connectivity index (χ1n) is 8.42.